The first kappa shape index (κ1) is 21.8. The highest BCUT2D eigenvalue weighted by atomic mass is 32.1. The molecule has 0 atom stereocenters. The fourth-order valence-corrected chi connectivity index (χ4v) is 2.86. The summed E-state index contributed by atoms with van der Waals surface area (Å²) in [6.45, 7) is 0.239. The normalized spacial score (nSPS) is 10.5. The number of nitrogens with zero attached hydrogens (tertiary/aromatic N) is 1. The molecule has 0 saturated carbocycles. The van der Waals surface area contributed by atoms with Gasteiger partial charge in [0, 0.05) is 11.3 Å². The summed E-state index contributed by atoms with van der Waals surface area (Å²) in [6.07, 6.45) is 1.59. The van der Waals surface area contributed by atoms with E-state index in [0.717, 1.165) is 11.3 Å². The second-order valence-electron chi connectivity index (χ2n) is 6.36. The zero-order chi connectivity index (χ0) is 22.1. The highest BCUT2D eigenvalue weighted by molar-refractivity contribution is 7.80. The molecular formula is C23H21N3O4S. The summed E-state index contributed by atoms with van der Waals surface area (Å²) in [7, 11) is 1.56. The second kappa shape index (κ2) is 10.7. The summed E-state index contributed by atoms with van der Waals surface area (Å²) in [5.41, 5.74) is 5.37. The van der Waals surface area contributed by atoms with Crippen LogP contribution in [0.5, 0.6) is 11.5 Å². The van der Waals surface area contributed by atoms with Crippen LogP contribution in [0.3, 0.4) is 0 Å². The van der Waals surface area contributed by atoms with Gasteiger partial charge in [0.2, 0.25) is 0 Å². The number of carboxylic acid groups (broad SMARTS) is 1. The number of para-hydroxylation sites is 2. The van der Waals surface area contributed by atoms with Crippen LogP contribution in [-0.2, 0) is 6.61 Å². The Balaban J connectivity index is 1.67. The van der Waals surface area contributed by atoms with Gasteiger partial charge in [-0.25, -0.2) is 4.79 Å². The van der Waals surface area contributed by atoms with Gasteiger partial charge in [0.15, 0.2) is 16.6 Å². The smallest absolute Gasteiger partial charge is 0.335 e. The van der Waals surface area contributed by atoms with Crippen molar-refractivity contribution in [2.45, 2.75) is 6.61 Å². The van der Waals surface area contributed by atoms with E-state index in [0.29, 0.717) is 22.2 Å². The largest absolute Gasteiger partial charge is 0.493 e. The van der Waals surface area contributed by atoms with Crippen LogP contribution in [0.2, 0.25) is 0 Å². The van der Waals surface area contributed by atoms with Crippen LogP contribution in [0, 0.1) is 0 Å². The van der Waals surface area contributed by atoms with E-state index in [1.165, 1.54) is 12.1 Å². The van der Waals surface area contributed by atoms with Crippen LogP contribution >= 0.6 is 12.2 Å². The van der Waals surface area contributed by atoms with Gasteiger partial charge in [-0.2, -0.15) is 5.10 Å². The molecule has 0 aromatic heterocycles. The standard InChI is InChI=1S/C23H21N3O4S/c1-29-20-9-5-6-18(14-24-26-23(31)25-19-7-3-2-4-8-19)21(20)30-15-16-10-12-17(13-11-16)22(27)28/h2-14H,15H2,1H3,(H,27,28)(H2,25,26,31)/b24-14+. The molecule has 0 fully saturated rings. The van der Waals surface area contributed by atoms with Crippen molar-refractivity contribution in [3.05, 3.63) is 89.5 Å². The Bertz CT molecular complexity index is 1070. The molecule has 0 unspecified atom stereocenters. The minimum absolute atomic E-state index is 0.222. The Labute approximate surface area is 185 Å². The first-order chi connectivity index (χ1) is 15.1. The fraction of sp³-hybridized carbons (Fsp3) is 0.0870. The summed E-state index contributed by atoms with van der Waals surface area (Å²) >= 11 is 5.24. The number of methoxy groups -OCH3 is 1. The van der Waals surface area contributed by atoms with Gasteiger partial charge in [-0.3, -0.25) is 5.43 Å². The number of thiocarbonyl (C=S) groups is 1. The van der Waals surface area contributed by atoms with Gasteiger partial charge in [0.05, 0.1) is 18.9 Å². The maximum absolute atomic E-state index is 11.0. The van der Waals surface area contributed by atoms with Gasteiger partial charge in [-0.05, 0) is 54.2 Å². The molecule has 3 aromatic carbocycles. The molecule has 158 valence electrons. The zero-order valence-electron chi connectivity index (χ0n) is 16.7. The third-order valence-corrected chi connectivity index (χ3v) is 4.41. The molecule has 3 rings (SSSR count). The predicted octanol–water partition coefficient (Wildman–Crippen LogP) is 4.29. The minimum Gasteiger partial charge on any atom is -0.493 e. The lowest BCUT2D eigenvalue weighted by molar-refractivity contribution is 0.0697. The molecule has 31 heavy (non-hydrogen) atoms. The van der Waals surface area contributed by atoms with Crippen molar-refractivity contribution in [3.8, 4) is 11.5 Å². The number of carboxylic acids is 1. The number of benzene rings is 3. The summed E-state index contributed by atoms with van der Waals surface area (Å²) < 4.78 is 11.4. The summed E-state index contributed by atoms with van der Waals surface area (Å²) in [5, 5.41) is 16.6. The molecular weight excluding hydrogens is 414 g/mol. The van der Waals surface area contributed by atoms with E-state index in [4.69, 9.17) is 26.8 Å². The predicted molar refractivity (Wildman–Crippen MR) is 124 cm³/mol. The number of nitrogens with one attached hydrogen (secondary N) is 2. The van der Waals surface area contributed by atoms with Crippen LogP contribution in [0.25, 0.3) is 0 Å². The number of anilines is 1. The maximum atomic E-state index is 11.0. The molecule has 8 heteroatoms. The van der Waals surface area contributed by atoms with Gasteiger partial charge in [0.1, 0.15) is 6.61 Å². The Morgan fingerprint density at radius 2 is 1.81 bits per heavy atom. The van der Waals surface area contributed by atoms with E-state index < -0.39 is 5.97 Å². The monoisotopic (exact) mass is 435 g/mol. The fourth-order valence-electron chi connectivity index (χ4n) is 2.69. The van der Waals surface area contributed by atoms with Crippen LogP contribution in [-0.4, -0.2) is 29.5 Å². The molecule has 7 nitrogen and oxygen atoms in total. The zero-order valence-corrected chi connectivity index (χ0v) is 17.6. The number of hydrogen-bond acceptors (Lipinski definition) is 5. The van der Waals surface area contributed by atoms with E-state index in [9.17, 15) is 4.79 Å². The lowest BCUT2D eigenvalue weighted by Crippen LogP contribution is -2.23. The average Bonchev–Trinajstić information content (AvgIpc) is 2.79. The third kappa shape index (κ3) is 6.28. The molecule has 0 aliphatic carbocycles. The number of hydrogen-bond donors (Lipinski definition) is 3. The van der Waals surface area contributed by atoms with Crippen molar-refractivity contribution in [3.63, 3.8) is 0 Å². The number of aromatic carboxylic acids is 1. The Morgan fingerprint density at radius 3 is 2.48 bits per heavy atom. The maximum Gasteiger partial charge on any atom is 0.335 e. The highest BCUT2D eigenvalue weighted by Gasteiger charge is 2.10. The molecule has 0 heterocycles. The molecule has 0 aliphatic heterocycles. The first-order valence-electron chi connectivity index (χ1n) is 9.34. The SMILES string of the molecule is COc1cccc(/C=N/NC(=S)Nc2ccccc2)c1OCc1ccc(C(=O)O)cc1. The van der Waals surface area contributed by atoms with Crippen molar-refractivity contribution in [2.24, 2.45) is 5.10 Å². The van der Waals surface area contributed by atoms with E-state index >= 15 is 0 Å². The summed E-state index contributed by atoms with van der Waals surface area (Å²) in [5.74, 6) is 0.0961. The number of ether oxygens (including phenoxy) is 2. The van der Waals surface area contributed by atoms with Crippen molar-refractivity contribution < 1.29 is 19.4 Å². The van der Waals surface area contributed by atoms with E-state index in [2.05, 4.69) is 15.8 Å². The molecule has 0 bridgehead atoms. The van der Waals surface area contributed by atoms with Crippen LogP contribution < -0.4 is 20.2 Å². The van der Waals surface area contributed by atoms with Gasteiger partial charge >= 0.3 is 5.97 Å². The van der Waals surface area contributed by atoms with Crippen LogP contribution in [0.4, 0.5) is 5.69 Å². The van der Waals surface area contributed by atoms with E-state index in [1.54, 1.807) is 31.5 Å². The number of rotatable bonds is 8. The topological polar surface area (TPSA) is 92.2 Å². The van der Waals surface area contributed by atoms with Crippen molar-refractivity contribution >= 4 is 35.2 Å². The van der Waals surface area contributed by atoms with Gasteiger partial charge in [-0.1, -0.05) is 36.4 Å². The average molecular weight is 436 g/mol. The number of hydrazone groups is 1. The summed E-state index contributed by atoms with van der Waals surface area (Å²) in [4.78, 5) is 11.0. The van der Waals surface area contributed by atoms with Gasteiger partial charge in [0.25, 0.3) is 0 Å². The molecule has 0 aliphatic rings. The highest BCUT2D eigenvalue weighted by Crippen LogP contribution is 2.30. The lowest BCUT2D eigenvalue weighted by atomic mass is 10.1. The Hall–Kier alpha value is -3.91. The molecule has 0 spiro atoms. The van der Waals surface area contributed by atoms with Crippen molar-refractivity contribution in [1.29, 1.82) is 0 Å². The number of carbonyl (C=O) groups is 1. The van der Waals surface area contributed by atoms with E-state index in [1.807, 2.05) is 42.5 Å². The molecule has 0 saturated heterocycles. The first-order valence-corrected chi connectivity index (χ1v) is 9.75. The Morgan fingerprint density at radius 1 is 1.06 bits per heavy atom. The third-order valence-electron chi connectivity index (χ3n) is 4.21. The van der Waals surface area contributed by atoms with E-state index in [-0.39, 0.29) is 12.2 Å². The molecule has 3 N–H and O–H groups in total. The van der Waals surface area contributed by atoms with Crippen molar-refractivity contribution in [1.82, 2.24) is 5.43 Å². The minimum atomic E-state index is -0.970. The van der Waals surface area contributed by atoms with Crippen LogP contribution in [0.1, 0.15) is 21.5 Å². The lowest BCUT2D eigenvalue weighted by Gasteiger charge is -2.13. The van der Waals surface area contributed by atoms with Gasteiger partial charge in [-0.15, -0.1) is 0 Å². The Kier molecular flexibility index (Phi) is 7.56. The molecule has 3 aromatic rings. The summed E-state index contributed by atoms with van der Waals surface area (Å²) in [6, 6.07) is 21.5. The quantitative estimate of drug-likeness (QED) is 0.276. The van der Waals surface area contributed by atoms with Crippen LogP contribution in [0.15, 0.2) is 77.9 Å². The molecule has 0 amide bonds. The van der Waals surface area contributed by atoms with Gasteiger partial charge < -0.3 is 19.9 Å². The molecule has 0 radical (unpaired) electrons. The second-order valence-corrected chi connectivity index (χ2v) is 6.77. The van der Waals surface area contributed by atoms with Crippen molar-refractivity contribution in [2.75, 3.05) is 12.4 Å².